The maximum atomic E-state index is 11.9. The van der Waals surface area contributed by atoms with Gasteiger partial charge in [0.15, 0.2) is 5.96 Å². The van der Waals surface area contributed by atoms with Gasteiger partial charge in [-0.3, -0.25) is 14.5 Å². The normalized spacial score (nSPS) is 16.4. The molecule has 1 atom stereocenters. The summed E-state index contributed by atoms with van der Waals surface area (Å²) in [6.07, 6.45) is 4.17. The first kappa shape index (κ1) is 19.2. The van der Waals surface area contributed by atoms with Crippen molar-refractivity contribution in [1.82, 2.24) is 20.4 Å². The smallest absolute Gasteiger partial charge is 0.225 e. The maximum absolute atomic E-state index is 11.9. The number of nitrogens with one attached hydrogen (secondary N) is 3. The standard InChI is InChI=1S/C17H22N6O.HI/c1-18-17(19-8-10-23-9-4-7-21-23)20-12-13-11-16(24)22-15-6-3-2-5-14(13)15;/h2-7,9,13H,8,10-12H2,1H3,(H,22,24)(H2,18,19,20);1H. The first-order valence-electron chi connectivity index (χ1n) is 8.07. The number of anilines is 1. The fourth-order valence-corrected chi connectivity index (χ4v) is 2.85. The molecule has 1 amide bonds. The van der Waals surface area contributed by atoms with Gasteiger partial charge < -0.3 is 16.0 Å². The number of halogens is 1. The first-order chi connectivity index (χ1) is 11.8. The number of rotatable bonds is 5. The van der Waals surface area contributed by atoms with E-state index in [0.717, 1.165) is 30.3 Å². The Morgan fingerprint density at radius 3 is 2.96 bits per heavy atom. The summed E-state index contributed by atoms with van der Waals surface area (Å²) < 4.78 is 1.86. The van der Waals surface area contributed by atoms with Crippen molar-refractivity contribution in [1.29, 1.82) is 0 Å². The number of para-hydroxylation sites is 1. The summed E-state index contributed by atoms with van der Waals surface area (Å²) in [5, 5.41) is 13.7. The third kappa shape index (κ3) is 5.18. The van der Waals surface area contributed by atoms with Crippen LogP contribution in [0, 0.1) is 0 Å². The average Bonchev–Trinajstić information content (AvgIpc) is 3.11. The van der Waals surface area contributed by atoms with E-state index in [-0.39, 0.29) is 35.8 Å². The number of guanidine groups is 1. The van der Waals surface area contributed by atoms with E-state index in [4.69, 9.17) is 0 Å². The lowest BCUT2D eigenvalue weighted by molar-refractivity contribution is -0.116. The summed E-state index contributed by atoms with van der Waals surface area (Å²) in [6, 6.07) is 9.84. The Labute approximate surface area is 164 Å². The SMILES string of the molecule is CN=C(NCCn1cccn1)NCC1CC(=O)Nc2ccccc21.I. The van der Waals surface area contributed by atoms with E-state index in [2.05, 4.69) is 32.1 Å². The van der Waals surface area contributed by atoms with Crippen LogP contribution in [0.2, 0.25) is 0 Å². The number of hydrogen-bond acceptors (Lipinski definition) is 3. The molecule has 0 aliphatic carbocycles. The number of aromatic nitrogens is 2. The lowest BCUT2D eigenvalue weighted by atomic mass is 9.90. The van der Waals surface area contributed by atoms with E-state index < -0.39 is 0 Å². The molecule has 8 heteroatoms. The van der Waals surface area contributed by atoms with Gasteiger partial charge >= 0.3 is 0 Å². The Balaban J connectivity index is 0.00000225. The number of hydrogen-bond donors (Lipinski definition) is 3. The molecule has 0 saturated heterocycles. The van der Waals surface area contributed by atoms with Crippen molar-refractivity contribution in [2.24, 2.45) is 4.99 Å². The van der Waals surface area contributed by atoms with Gasteiger partial charge in [0.2, 0.25) is 5.91 Å². The third-order valence-corrected chi connectivity index (χ3v) is 4.04. The summed E-state index contributed by atoms with van der Waals surface area (Å²) in [6.45, 7) is 2.15. The van der Waals surface area contributed by atoms with E-state index in [9.17, 15) is 4.79 Å². The zero-order valence-corrected chi connectivity index (χ0v) is 16.4. The van der Waals surface area contributed by atoms with E-state index >= 15 is 0 Å². The van der Waals surface area contributed by atoms with Crippen molar-refractivity contribution in [2.75, 3.05) is 25.5 Å². The zero-order valence-electron chi connectivity index (χ0n) is 14.1. The molecule has 134 valence electrons. The molecule has 1 unspecified atom stereocenters. The minimum atomic E-state index is 0. The van der Waals surface area contributed by atoms with Gasteiger partial charge in [0.1, 0.15) is 0 Å². The number of carbonyl (C=O) groups is 1. The molecule has 0 spiro atoms. The number of aliphatic imine (C=N–C) groups is 1. The monoisotopic (exact) mass is 454 g/mol. The fourth-order valence-electron chi connectivity index (χ4n) is 2.85. The summed E-state index contributed by atoms with van der Waals surface area (Å²) >= 11 is 0. The second kappa shape index (κ2) is 9.40. The Morgan fingerprint density at radius 2 is 2.20 bits per heavy atom. The molecule has 0 bridgehead atoms. The van der Waals surface area contributed by atoms with Gasteiger partial charge in [-0.15, -0.1) is 24.0 Å². The van der Waals surface area contributed by atoms with Gasteiger partial charge in [-0.25, -0.2) is 0 Å². The first-order valence-corrected chi connectivity index (χ1v) is 8.07. The van der Waals surface area contributed by atoms with Crippen LogP contribution >= 0.6 is 24.0 Å². The van der Waals surface area contributed by atoms with Crippen molar-refractivity contribution < 1.29 is 4.79 Å². The topological polar surface area (TPSA) is 83.3 Å². The van der Waals surface area contributed by atoms with E-state index in [1.807, 2.05) is 35.1 Å². The largest absolute Gasteiger partial charge is 0.356 e. The summed E-state index contributed by atoms with van der Waals surface area (Å²) in [5.74, 6) is 0.923. The zero-order chi connectivity index (χ0) is 16.8. The second-order valence-electron chi connectivity index (χ2n) is 5.69. The van der Waals surface area contributed by atoms with Crippen LogP contribution in [0.1, 0.15) is 17.9 Å². The highest BCUT2D eigenvalue weighted by Crippen LogP contribution is 2.31. The highest BCUT2D eigenvalue weighted by molar-refractivity contribution is 14.0. The lowest BCUT2D eigenvalue weighted by Crippen LogP contribution is -2.41. The molecule has 0 fully saturated rings. The Hall–Kier alpha value is -2.10. The molecule has 0 radical (unpaired) electrons. The van der Waals surface area contributed by atoms with Crippen LogP contribution in [0.15, 0.2) is 47.7 Å². The van der Waals surface area contributed by atoms with Gasteiger partial charge in [0.25, 0.3) is 0 Å². The van der Waals surface area contributed by atoms with Crippen molar-refractivity contribution in [2.45, 2.75) is 18.9 Å². The summed E-state index contributed by atoms with van der Waals surface area (Å²) in [7, 11) is 1.74. The van der Waals surface area contributed by atoms with Gasteiger partial charge in [-0.1, -0.05) is 18.2 Å². The van der Waals surface area contributed by atoms with Crippen molar-refractivity contribution in [3.8, 4) is 0 Å². The molecule has 2 heterocycles. The molecular formula is C17H23IN6O. The molecule has 1 aromatic heterocycles. The summed E-state index contributed by atoms with van der Waals surface area (Å²) in [4.78, 5) is 16.1. The molecule has 3 N–H and O–H groups in total. The highest BCUT2D eigenvalue weighted by atomic mass is 127. The van der Waals surface area contributed by atoms with Crippen molar-refractivity contribution >= 4 is 41.5 Å². The van der Waals surface area contributed by atoms with Gasteiger partial charge in [0, 0.05) is 50.6 Å². The third-order valence-electron chi connectivity index (χ3n) is 4.04. The van der Waals surface area contributed by atoms with E-state index in [1.165, 1.54) is 0 Å². The average molecular weight is 454 g/mol. The van der Waals surface area contributed by atoms with Crippen LogP contribution in [0.5, 0.6) is 0 Å². The van der Waals surface area contributed by atoms with Gasteiger partial charge in [0.05, 0.1) is 6.54 Å². The van der Waals surface area contributed by atoms with Crippen LogP contribution in [0.25, 0.3) is 0 Å². The highest BCUT2D eigenvalue weighted by Gasteiger charge is 2.24. The molecule has 25 heavy (non-hydrogen) atoms. The van der Waals surface area contributed by atoms with Crippen LogP contribution in [-0.4, -0.2) is 41.8 Å². The molecule has 0 saturated carbocycles. The van der Waals surface area contributed by atoms with Crippen molar-refractivity contribution in [3.05, 3.63) is 48.3 Å². The predicted octanol–water partition coefficient (Wildman–Crippen LogP) is 1.79. The minimum Gasteiger partial charge on any atom is -0.356 e. The Morgan fingerprint density at radius 1 is 1.36 bits per heavy atom. The minimum absolute atomic E-state index is 0. The molecule has 1 aromatic carbocycles. The Bertz CT molecular complexity index is 716. The fraction of sp³-hybridized carbons (Fsp3) is 0.353. The summed E-state index contributed by atoms with van der Waals surface area (Å²) in [5.41, 5.74) is 2.07. The second-order valence-corrected chi connectivity index (χ2v) is 5.69. The lowest BCUT2D eigenvalue weighted by Gasteiger charge is -2.26. The quantitative estimate of drug-likeness (QED) is 0.366. The van der Waals surface area contributed by atoms with Crippen LogP contribution in [0.3, 0.4) is 0 Å². The van der Waals surface area contributed by atoms with E-state index in [1.54, 1.807) is 13.2 Å². The Kier molecular flexibility index (Phi) is 7.23. The van der Waals surface area contributed by atoms with Crippen LogP contribution in [0.4, 0.5) is 5.69 Å². The van der Waals surface area contributed by atoms with Crippen molar-refractivity contribution in [3.63, 3.8) is 0 Å². The van der Waals surface area contributed by atoms with Gasteiger partial charge in [-0.05, 0) is 17.7 Å². The number of benzene rings is 1. The molecule has 1 aliphatic heterocycles. The number of nitrogens with zero attached hydrogens (tertiary/aromatic N) is 3. The molecular weight excluding hydrogens is 431 g/mol. The molecule has 2 aromatic rings. The molecule has 1 aliphatic rings. The number of fused-ring (bicyclic) bond motifs is 1. The predicted molar refractivity (Wildman–Crippen MR) is 109 cm³/mol. The maximum Gasteiger partial charge on any atom is 0.225 e. The van der Waals surface area contributed by atoms with Gasteiger partial charge in [-0.2, -0.15) is 5.10 Å². The number of carbonyl (C=O) groups excluding carboxylic acids is 1. The molecule has 3 rings (SSSR count). The molecule has 7 nitrogen and oxygen atoms in total. The van der Waals surface area contributed by atoms with Crippen LogP contribution in [-0.2, 0) is 11.3 Å². The van der Waals surface area contributed by atoms with E-state index in [0.29, 0.717) is 13.0 Å². The number of amides is 1. The van der Waals surface area contributed by atoms with Crippen LogP contribution < -0.4 is 16.0 Å².